The van der Waals surface area contributed by atoms with Crippen LogP contribution in [-0.2, 0) is 17.8 Å². The monoisotopic (exact) mass is 179 g/mol. The molecule has 0 amide bonds. The number of hydrogen-bond donors (Lipinski definition) is 1. The number of nitrogen functional groups attached to an aromatic ring is 1. The fourth-order valence-corrected chi connectivity index (χ4v) is 1.91. The van der Waals surface area contributed by atoms with E-state index in [0.29, 0.717) is 18.5 Å². The van der Waals surface area contributed by atoms with Crippen molar-refractivity contribution in [1.82, 2.24) is 9.78 Å². The highest BCUT2D eigenvalue weighted by Crippen LogP contribution is 2.38. The van der Waals surface area contributed by atoms with Crippen LogP contribution in [0.15, 0.2) is 0 Å². The zero-order chi connectivity index (χ0) is 8.84. The molecule has 0 unspecified atom stereocenters. The van der Waals surface area contributed by atoms with Crippen molar-refractivity contribution < 1.29 is 4.74 Å². The number of anilines is 1. The number of rotatable bonds is 1. The van der Waals surface area contributed by atoms with Gasteiger partial charge in [-0.25, -0.2) is 0 Å². The Morgan fingerprint density at radius 1 is 1.46 bits per heavy atom. The summed E-state index contributed by atoms with van der Waals surface area (Å²) < 4.78 is 7.48. The van der Waals surface area contributed by atoms with Gasteiger partial charge in [-0.2, -0.15) is 5.10 Å². The second-order valence-corrected chi connectivity index (χ2v) is 3.79. The first-order chi connectivity index (χ1) is 6.36. The van der Waals surface area contributed by atoms with Crippen molar-refractivity contribution in [2.24, 2.45) is 0 Å². The molecule has 0 aromatic carbocycles. The van der Waals surface area contributed by atoms with Crippen LogP contribution in [0.4, 0.5) is 5.82 Å². The van der Waals surface area contributed by atoms with E-state index in [1.54, 1.807) is 0 Å². The van der Waals surface area contributed by atoms with E-state index in [2.05, 4.69) is 9.78 Å². The van der Waals surface area contributed by atoms with Gasteiger partial charge >= 0.3 is 0 Å². The van der Waals surface area contributed by atoms with Gasteiger partial charge in [-0.15, -0.1) is 0 Å². The molecule has 4 nitrogen and oxygen atoms in total. The molecule has 0 atom stereocenters. The van der Waals surface area contributed by atoms with Crippen molar-refractivity contribution in [3.8, 4) is 0 Å². The zero-order valence-electron chi connectivity index (χ0n) is 7.49. The van der Waals surface area contributed by atoms with Gasteiger partial charge in [0.25, 0.3) is 0 Å². The topological polar surface area (TPSA) is 53.1 Å². The van der Waals surface area contributed by atoms with Crippen molar-refractivity contribution in [2.45, 2.75) is 31.9 Å². The summed E-state index contributed by atoms with van der Waals surface area (Å²) in [6.45, 7) is 1.48. The Balaban J connectivity index is 2.09. The second kappa shape index (κ2) is 2.48. The predicted molar refractivity (Wildman–Crippen MR) is 48.3 cm³/mol. The van der Waals surface area contributed by atoms with Crippen LogP contribution >= 0.6 is 0 Å². The lowest BCUT2D eigenvalue weighted by Crippen LogP contribution is -2.13. The lowest BCUT2D eigenvalue weighted by atomic mass is 10.1. The van der Waals surface area contributed by atoms with E-state index >= 15 is 0 Å². The summed E-state index contributed by atoms with van der Waals surface area (Å²) in [5, 5.41) is 4.37. The van der Waals surface area contributed by atoms with E-state index in [1.807, 2.05) is 0 Å². The van der Waals surface area contributed by atoms with Crippen LogP contribution in [0.1, 0.15) is 30.1 Å². The second-order valence-electron chi connectivity index (χ2n) is 3.79. The van der Waals surface area contributed by atoms with Crippen LogP contribution in [0.25, 0.3) is 0 Å². The van der Waals surface area contributed by atoms with Gasteiger partial charge in [0.1, 0.15) is 5.82 Å². The average molecular weight is 179 g/mol. The Labute approximate surface area is 76.7 Å². The van der Waals surface area contributed by atoms with E-state index in [4.69, 9.17) is 10.5 Å². The van der Waals surface area contributed by atoms with E-state index in [-0.39, 0.29) is 0 Å². The van der Waals surface area contributed by atoms with E-state index < -0.39 is 0 Å². The molecule has 1 aromatic rings. The van der Waals surface area contributed by atoms with Crippen LogP contribution < -0.4 is 5.73 Å². The first-order valence-corrected chi connectivity index (χ1v) is 4.80. The minimum Gasteiger partial charge on any atom is -0.382 e. The first-order valence-electron chi connectivity index (χ1n) is 4.80. The van der Waals surface area contributed by atoms with Gasteiger partial charge in [-0.05, 0) is 12.8 Å². The summed E-state index contributed by atoms with van der Waals surface area (Å²) in [5.74, 6) is 0.713. The maximum atomic E-state index is 5.84. The molecule has 3 rings (SSSR count). The highest BCUT2D eigenvalue weighted by molar-refractivity contribution is 5.43. The average Bonchev–Trinajstić information content (AvgIpc) is 2.94. The van der Waals surface area contributed by atoms with E-state index in [1.165, 1.54) is 24.1 Å². The molecule has 1 aliphatic heterocycles. The van der Waals surface area contributed by atoms with Gasteiger partial charge in [0.05, 0.1) is 24.9 Å². The highest BCUT2D eigenvalue weighted by atomic mass is 16.5. The van der Waals surface area contributed by atoms with Crippen LogP contribution in [0, 0.1) is 0 Å². The molecule has 2 heterocycles. The predicted octanol–water partition coefficient (Wildman–Crippen LogP) is 0.873. The smallest absolute Gasteiger partial charge is 0.149 e. The molecule has 1 fully saturated rings. The van der Waals surface area contributed by atoms with Crippen LogP contribution in [0.2, 0.25) is 0 Å². The molecule has 2 aliphatic rings. The number of nitrogens with zero attached hydrogens (tertiary/aromatic N) is 2. The van der Waals surface area contributed by atoms with Crippen LogP contribution in [-0.4, -0.2) is 16.4 Å². The Morgan fingerprint density at radius 3 is 3.08 bits per heavy atom. The number of aromatic nitrogens is 2. The Morgan fingerprint density at radius 2 is 2.31 bits per heavy atom. The van der Waals surface area contributed by atoms with Crippen LogP contribution in [0.5, 0.6) is 0 Å². The normalized spacial score (nSPS) is 21.5. The molecule has 0 bridgehead atoms. The molecule has 4 heteroatoms. The van der Waals surface area contributed by atoms with Gasteiger partial charge in [-0.1, -0.05) is 0 Å². The molecule has 2 N–H and O–H groups in total. The van der Waals surface area contributed by atoms with E-state index in [9.17, 15) is 0 Å². The van der Waals surface area contributed by atoms with Crippen molar-refractivity contribution >= 4 is 5.82 Å². The minimum absolute atomic E-state index is 0.604. The van der Waals surface area contributed by atoms with Gasteiger partial charge in [0.2, 0.25) is 0 Å². The fourth-order valence-electron chi connectivity index (χ4n) is 1.91. The summed E-state index contributed by atoms with van der Waals surface area (Å²) in [4.78, 5) is 0. The summed E-state index contributed by atoms with van der Waals surface area (Å²) >= 11 is 0. The maximum Gasteiger partial charge on any atom is 0.149 e. The lowest BCUT2D eigenvalue weighted by molar-refractivity contribution is 0.104. The highest BCUT2D eigenvalue weighted by Gasteiger charge is 2.30. The quantitative estimate of drug-likeness (QED) is 0.696. The number of nitrogens with two attached hydrogens (primary N) is 1. The standard InChI is InChI=1S/C9H13N3O/c10-9-7-3-4-13-5-8(7)12(11-9)6-1-2-6/h6H,1-5H2,(H2,10,11). The third-order valence-corrected chi connectivity index (χ3v) is 2.78. The first kappa shape index (κ1) is 7.38. The number of fused-ring (bicyclic) bond motifs is 1. The van der Waals surface area contributed by atoms with Gasteiger partial charge in [-0.3, -0.25) is 4.68 Å². The molecule has 0 saturated heterocycles. The van der Waals surface area contributed by atoms with Crippen molar-refractivity contribution in [2.75, 3.05) is 12.3 Å². The fraction of sp³-hybridized carbons (Fsp3) is 0.667. The Bertz CT molecular complexity index is 341. The van der Waals surface area contributed by atoms with Gasteiger partial charge in [0.15, 0.2) is 0 Å². The Kier molecular flexibility index (Phi) is 1.41. The number of hydrogen-bond acceptors (Lipinski definition) is 3. The molecule has 13 heavy (non-hydrogen) atoms. The molecule has 0 radical (unpaired) electrons. The third kappa shape index (κ3) is 1.05. The zero-order valence-corrected chi connectivity index (χ0v) is 7.49. The van der Waals surface area contributed by atoms with Crippen molar-refractivity contribution in [3.05, 3.63) is 11.3 Å². The molecule has 0 spiro atoms. The number of ether oxygens (including phenoxy) is 1. The van der Waals surface area contributed by atoms with E-state index in [0.717, 1.165) is 13.0 Å². The largest absolute Gasteiger partial charge is 0.382 e. The maximum absolute atomic E-state index is 5.84. The lowest BCUT2D eigenvalue weighted by Gasteiger charge is -2.14. The molecular weight excluding hydrogens is 166 g/mol. The molecule has 1 aliphatic carbocycles. The minimum atomic E-state index is 0.604. The molecule has 70 valence electrons. The molecular formula is C9H13N3O. The van der Waals surface area contributed by atoms with Gasteiger partial charge < -0.3 is 10.5 Å². The Hall–Kier alpha value is -1.03. The molecule has 1 saturated carbocycles. The SMILES string of the molecule is Nc1nn(C2CC2)c2c1CCOC2. The summed E-state index contributed by atoms with van der Waals surface area (Å²) in [6, 6.07) is 0.604. The van der Waals surface area contributed by atoms with Crippen molar-refractivity contribution in [3.63, 3.8) is 0 Å². The third-order valence-electron chi connectivity index (χ3n) is 2.78. The molecule has 1 aromatic heterocycles. The summed E-state index contributed by atoms with van der Waals surface area (Å²) in [6.07, 6.45) is 3.41. The summed E-state index contributed by atoms with van der Waals surface area (Å²) in [5.41, 5.74) is 8.27. The summed E-state index contributed by atoms with van der Waals surface area (Å²) in [7, 11) is 0. The van der Waals surface area contributed by atoms with Gasteiger partial charge in [0, 0.05) is 12.0 Å². The van der Waals surface area contributed by atoms with Crippen LogP contribution in [0.3, 0.4) is 0 Å². The van der Waals surface area contributed by atoms with Crippen molar-refractivity contribution in [1.29, 1.82) is 0 Å².